The molecule has 0 radical (unpaired) electrons. The highest BCUT2D eigenvalue weighted by molar-refractivity contribution is 7.93. The fraction of sp³-hybridized carbons (Fsp3) is 0.185. The molecule has 0 fully saturated rings. The average Bonchev–Trinajstić information content (AvgIpc) is 2.95. The minimum absolute atomic E-state index is 0.0305. The second-order valence-corrected chi connectivity index (χ2v) is 12.3. The van der Waals surface area contributed by atoms with Gasteiger partial charge < -0.3 is 4.84 Å². The van der Waals surface area contributed by atoms with Gasteiger partial charge in [0.05, 0.1) is 10.6 Å². The lowest BCUT2D eigenvalue weighted by atomic mass is 10.2. The van der Waals surface area contributed by atoms with E-state index in [4.69, 9.17) is 10.0 Å². The number of nitrogens with one attached hydrogen (secondary N) is 4. The van der Waals surface area contributed by atoms with Crippen LogP contribution in [-0.4, -0.2) is 39.6 Å². The van der Waals surface area contributed by atoms with Crippen LogP contribution in [0.4, 0.5) is 11.4 Å². The van der Waals surface area contributed by atoms with Crippen molar-refractivity contribution >= 4 is 49.3 Å². The van der Waals surface area contributed by atoms with Crippen molar-refractivity contribution in [2.45, 2.75) is 30.6 Å². The van der Waals surface area contributed by atoms with Crippen molar-refractivity contribution in [3.8, 4) is 5.75 Å². The molecule has 14 heteroatoms. The number of benzene rings is 3. The molecule has 0 saturated carbocycles. The summed E-state index contributed by atoms with van der Waals surface area (Å²) in [6.07, 6.45) is 4.02. The normalized spacial score (nSPS) is 11.5. The van der Waals surface area contributed by atoms with Crippen LogP contribution in [0.1, 0.15) is 31.2 Å². The van der Waals surface area contributed by atoms with Crippen molar-refractivity contribution in [2.24, 2.45) is 0 Å². The minimum Gasteiger partial charge on any atom is -0.379 e. The number of para-hydroxylation sites is 1. The molecule has 0 atom stereocenters. The number of carbonyl (C=O) groups excluding carboxylic acids is 2. The molecule has 3 aromatic rings. The van der Waals surface area contributed by atoms with Crippen molar-refractivity contribution < 1.29 is 36.5 Å². The fourth-order valence-electron chi connectivity index (χ4n) is 3.45. The van der Waals surface area contributed by atoms with Crippen LogP contribution in [0.15, 0.2) is 89.8 Å². The largest absolute Gasteiger partial charge is 0.379 e. The molecule has 0 aliphatic heterocycles. The van der Waals surface area contributed by atoms with E-state index in [0.717, 1.165) is 0 Å². The molecule has 12 nitrogen and oxygen atoms in total. The number of amides is 2. The Morgan fingerprint density at radius 2 is 1.51 bits per heavy atom. The number of carbonyl (C=O) groups is 2. The van der Waals surface area contributed by atoms with Crippen LogP contribution in [0.5, 0.6) is 5.75 Å². The van der Waals surface area contributed by atoms with Crippen LogP contribution in [0.25, 0.3) is 6.08 Å². The lowest BCUT2D eigenvalue weighted by molar-refractivity contribution is -0.129. The van der Waals surface area contributed by atoms with E-state index in [1.807, 2.05) is 0 Å². The quantitative estimate of drug-likeness (QED) is 0.0759. The zero-order chi connectivity index (χ0) is 29.7. The van der Waals surface area contributed by atoms with E-state index in [1.165, 1.54) is 54.0 Å². The standard InChI is InChI=1S/C27H30N4O8S2/c32-26(28-34)12-5-2-6-19-40(35,36)30-23-14-16-24(17-15-23)39-29-27(33)18-13-21-8-7-11-25(20-21)41(37,38)31-22-9-3-1-4-10-22/h1,3-4,7-11,13-18,20,30-31,34H,2,5-6,12,19H2,(H,28,32)(H,29,33)/b18-13+. The molecule has 5 N–H and O–H groups in total. The Balaban J connectivity index is 1.46. The Labute approximate surface area is 238 Å². The van der Waals surface area contributed by atoms with Gasteiger partial charge in [0.2, 0.25) is 15.9 Å². The smallest absolute Gasteiger partial charge is 0.276 e. The van der Waals surface area contributed by atoms with Gasteiger partial charge in [0.25, 0.3) is 15.9 Å². The summed E-state index contributed by atoms with van der Waals surface area (Å²) in [6.45, 7) is 0. The molecule has 0 heterocycles. The topological polar surface area (TPSA) is 180 Å². The van der Waals surface area contributed by atoms with Crippen molar-refractivity contribution in [2.75, 3.05) is 15.2 Å². The number of rotatable bonds is 15. The maximum atomic E-state index is 12.7. The predicted octanol–water partition coefficient (Wildman–Crippen LogP) is 3.42. The second-order valence-electron chi connectivity index (χ2n) is 8.74. The molecular formula is C27H30N4O8S2. The zero-order valence-corrected chi connectivity index (χ0v) is 23.5. The molecule has 0 bridgehead atoms. The fourth-order valence-corrected chi connectivity index (χ4v) is 5.75. The molecule has 0 unspecified atom stereocenters. The number of hydrogen-bond donors (Lipinski definition) is 5. The van der Waals surface area contributed by atoms with Gasteiger partial charge in [0.15, 0.2) is 5.75 Å². The highest BCUT2D eigenvalue weighted by Gasteiger charge is 2.14. The maximum absolute atomic E-state index is 12.7. The number of hydroxylamine groups is 2. The van der Waals surface area contributed by atoms with Gasteiger partial charge >= 0.3 is 0 Å². The molecule has 2 amide bonds. The third-order valence-electron chi connectivity index (χ3n) is 5.46. The van der Waals surface area contributed by atoms with E-state index >= 15 is 0 Å². The maximum Gasteiger partial charge on any atom is 0.276 e. The van der Waals surface area contributed by atoms with Gasteiger partial charge in [-0.25, -0.2) is 22.3 Å². The minimum atomic E-state index is -3.82. The zero-order valence-electron chi connectivity index (χ0n) is 21.8. The van der Waals surface area contributed by atoms with E-state index in [0.29, 0.717) is 36.2 Å². The van der Waals surface area contributed by atoms with Gasteiger partial charge in [-0.05, 0) is 73.0 Å². The summed E-state index contributed by atoms with van der Waals surface area (Å²) in [4.78, 5) is 28.4. The molecule has 218 valence electrons. The Morgan fingerprint density at radius 1 is 0.805 bits per heavy atom. The van der Waals surface area contributed by atoms with Gasteiger partial charge in [-0.15, -0.1) is 0 Å². The summed E-state index contributed by atoms with van der Waals surface area (Å²) in [5, 5.41) is 8.44. The first-order chi connectivity index (χ1) is 19.6. The monoisotopic (exact) mass is 602 g/mol. The summed E-state index contributed by atoms with van der Waals surface area (Å²) in [5.74, 6) is -1.01. The predicted molar refractivity (Wildman–Crippen MR) is 154 cm³/mol. The van der Waals surface area contributed by atoms with Crippen LogP contribution < -0.4 is 25.2 Å². The van der Waals surface area contributed by atoms with Gasteiger partial charge in [-0.2, -0.15) is 5.48 Å². The number of unbranched alkanes of at least 4 members (excludes halogenated alkanes) is 2. The summed E-state index contributed by atoms with van der Waals surface area (Å²) < 4.78 is 54.7. The van der Waals surface area contributed by atoms with E-state index in [1.54, 1.807) is 42.5 Å². The van der Waals surface area contributed by atoms with Crippen LogP contribution in [0.2, 0.25) is 0 Å². The Morgan fingerprint density at radius 3 is 2.22 bits per heavy atom. The Kier molecular flexibility index (Phi) is 11.3. The number of hydrogen-bond acceptors (Lipinski definition) is 8. The third kappa shape index (κ3) is 10.9. The molecular weight excluding hydrogens is 572 g/mol. The summed E-state index contributed by atoms with van der Waals surface area (Å²) in [5.41, 5.74) is 4.96. The molecule has 3 rings (SSSR count). The molecule has 0 spiro atoms. The first-order valence-electron chi connectivity index (χ1n) is 12.4. The van der Waals surface area contributed by atoms with E-state index in [9.17, 15) is 26.4 Å². The van der Waals surface area contributed by atoms with Crippen LogP contribution in [0, 0.1) is 0 Å². The van der Waals surface area contributed by atoms with Gasteiger partial charge in [-0.1, -0.05) is 36.8 Å². The van der Waals surface area contributed by atoms with E-state index in [-0.39, 0.29) is 22.8 Å². The van der Waals surface area contributed by atoms with Crippen LogP contribution >= 0.6 is 0 Å². The van der Waals surface area contributed by atoms with Crippen LogP contribution in [-0.2, 0) is 29.6 Å². The average molecular weight is 603 g/mol. The highest BCUT2D eigenvalue weighted by atomic mass is 32.2. The van der Waals surface area contributed by atoms with Gasteiger partial charge in [0.1, 0.15) is 0 Å². The molecule has 41 heavy (non-hydrogen) atoms. The summed E-state index contributed by atoms with van der Waals surface area (Å²) in [7, 11) is -7.42. The summed E-state index contributed by atoms with van der Waals surface area (Å²) in [6, 6.07) is 20.4. The summed E-state index contributed by atoms with van der Waals surface area (Å²) >= 11 is 0. The molecule has 0 aliphatic carbocycles. The van der Waals surface area contributed by atoms with Crippen molar-refractivity contribution in [3.63, 3.8) is 0 Å². The molecule has 0 saturated heterocycles. The van der Waals surface area contributed by atoms with Crippen molar-refractivity contribution in [3.05, 3.63) is 90.5 Å². The lowest BCUT2D eigenvalue weighted by Crippen LogP contribution is -2.24. The van der Waals surface area contributed by atoms with Gasteiger partial charge in [-0.3, -0.25) is 24.2 Å². The molecule has 3 aromatic carbocycles. The first-order valence-corrected chi connectivity index (χ1v) is 15.6. The second kappa shape index (κ2) is 14.8. The van der Waals surface area contributed by atoms with Crippen molar-refractivity contribution in [1.29, 1.82) is 0 Å². The number of anilines is 2. The van der Waals surface area contributed by atoms with E-state index in [2.05, 4.69) is 14.9 Å². The third-order valence-corrected chi connectivity index (χ3v) is 8.21. The van der Waals surface area contributed by atoms with Crippen LogP contribution in [0.3, 0.4) is 0 Å². The molecule has 0 aromatic heterocycles. The SMILES string of the molecule is O=C(/C=C/c1cccc(S(=O)(=O)Nc2ccccc2)c1)NOc1ccc(NS(=O)(=O)CCCCCC(=O)NO)cc1. The number of sulfonamides is 2. The van der Waals surface area contributed by atoms with E-state index < -0.39 is 31.9 Å². The lowest BCUT2D eigenvalue weighted by Gasteiger charge is -2.09. The Bertz CT molecular complexity index is 1560. The first kappa shape index (κ1) is 31.1. The highest BCUT2D eigenvalue weighted by Crippen LogP contribution is 2.19. The Hall–Kier alpha value is -4.40. The van der Waals surface area contributed by atoms with Gasteiger partial charge in [0, 0.05) is 23.9 Å². The van der Waals surface area contributed by atoms with Crippen molar-refractivity contribution in [1.82, 2.24) is 11.0 Å². The molecule has 0 aliphatic rings.